The fraction of sp³-hybridized carbons (Fsp3) is 0.148. The third-order valence-electron chi connectivity index (χ3n) is 5.41. The van der Waals surface area contributed by atoms with Crippen LogP contribution in [0.15, 0.2) is 78.9 Å². The number of ether oxygens (including phenoxy) is 1. The van der Waals surface area contributed by atoms with Gasteiger partial charge in [-0.25, -0.2) is 4.79 Å². The summed E-state index contributed by atoms with van der Waals surface area (Å²) >= 11 is 2.26. The van der Waals surface area contributed by atoms with Crippen molar-refractivity contribution >= 4 is 46.3 Å². The molecule has 0 fully saturated rings. The molecule has 0 radical (unpaired) electrons. The van der Waals surface area contributed by atoms with E-state index < -0.39 is 11.4 Å². The third-order valence-corrected chi connectivity index (χ3v) is 6.32. The Labute approximate surface area is 217 Å². The zero-order valence-corrected chi connectivity index (χ0v) is 21.7. The molecule has 3 aromatic carbocycles. The summed E-state index contributed by atoms with van der Waals surface area (Å²) in [6.07, 6.45) is 0.908. The Morgan fingerprint density at radius 1 is 1.00 bits per heavy atom. The Morgan fingerprint density at radius 2 is 1.69 bits per heavy atom. The molecule has 1 heterocycles. The molecule has 0 bridgehead atoms. The SMILES string of the molecule is Cc1cc(Oc2ccccc2NC(=O)Nc2ccc(C(C)(C)C=O)cc2)n(-c2ccccc2I)n1. The number of nitrogens with zero attached hydrogens (tertiary/aromatic N) is 2. The Hall–Kier alpha value is -3.66. The number of benzene rings is 3. The summed E-state index contributed by atoms with van der Waals surface area (Å²) in [6, 6.07) is 23.7. The van der Waals surface area contributed by atoms with Gasteiger partial charge in [0.15, 0.2) is 5.75 Å². The molecule has 0 unspecified atom stereocenters. The number of anilines is 2. The molecule has 0 saturated carbocycles. The number of hydrogen-bond acceptors (Lipinski definition) is 4. The molecule has 0 spiro atoms. The number of aryl methyl sites for hydroxylation is 1. The van der Waals surface area contributed by atoms with Gasteiger partial charge in [0.2, 0.25) is 5.88 Å². The van der Waals surface area contributed by atoms with Gasteiger partial charge in [-0.3, -0.25) is 0 Å². The number of hydrogen-bond donors (Lipinski definition) is 2. The van der Waals surface area contributed by atoms with Crippen LogP contribution >= 0.6 is 22.6 Å². The molecule has 1 aromatic heterocycles. The number of urea groups is 1. The lowest BCUT2D eigenvalue weighted by Crippen LogP contribution is -2.21. The van der Waals surface area contributed by atoms with Crippen LogP contribution < -0.4 is 15.4 Å². The highest BCUT2D eigenvalue weighted by Gasteiger charge is 2.19. The van der Waals surface area contributed by atoms with Gasteiger partial charge in [-0.05, 0) is 85.3 Å². The van der Waals surface area contributed by atoms with Gasteiger partial charge >= 0.3 is 6.03 Å². The Kier molecular flexibility index (Phi) is 7.20. The van der Waals surface area contributed by atoms with Gasteiger partial charge in [0.1, 0.15) is 6.29 Å². The van der Waals surface area contributed by atoms with Gasteiger partial charge in [-0.1, -0.05) is 36.4 Å². The Bertz CT molecular complexity index is 1360. The van der Waals surface area contributed by atoms with Crippen molar-refractivity contribution in [1.82, 2.24) is 9.78 Å². The molecule has 0 aliphatic carbocycles. The first-order chi connectivity index (χ1) is 16.8. The van der Waals surface area contributed by atoms with Gasteiger partial charge in [-0.2, -0.15) is 9.78 Å². The quantitative estimate of drug-likeness (QED) is 0.188. The van der Waals surface area contributed by atoms with Gasteiger partial charge in [-0.15, -0.1) is 0 Å². The topological polar surface area (TPSA) is 85.3 Å². The van der Waals surface area contributed by atoms with Crippen molar-refractivity contribution in [2.24, 2.45) is 0 Å². The van der Waals surface area contributed by atoms with E-state index in [0.717, 1.165) is 26.8 Å². The minimum atomic E-state index is -0.584. The van der Waals surface area contributed by atoms with Crippen LogP contribution in [-0.2, 0) is 10.2 Å². The fourth-order valence-electron chi connectivity index (χ4n) is 3.45. The molecule has 4 rings (SSSR count). The van der Waals surface area contributed by atoms with E-state index in [1.165, 1.54) is 0 Å². The van der Waals surface area contributed by atoms with E-state index >= 15 is 0 Å². The van der Waals surface area contributed by atoms with Crippen LogP contribution in [0.4, 0.5) is 16.2 Å². The molecule has 178 valence electrons. The highest BCUT2D eigenvalue weighted by molar-refractivity contribution is 14.1. The minimum Gasteiger partial charge on any atom is -0.437 e. The summed E-state index contributed by atoms with van der Waals surface area (Å²) in [5.41, 5.74) is 3.12. The number of nitrogens with one attached hydrogen (secondary N) is 2. The van der Waals surface area contributed by atoms with Crippen molar-refractivity contribution < 1.29 is 14.3 Å². The van der Waals surface area contributed by atoms with Gasteiger partial charge in [0, 0.05) is 20.7 Å². The smallest absolute Gasteiger partial charge is 0.323 e. The zero-order valence-electron chi connectivity index (χ0n) is 19.6. The number of para-hydroxylation sites is 3. The monoisotopic (exact) mass is 580 g/mol. The molecule has 0 aliphatic rings. The van der Waals surface area contributed by atoms with Crippen LogP contribution in [-0.4, -0.2) is 22.1 Å². The lowest BCUT2D eigenvalue weighted by Gasteiger charge is -2.18. The fourth-order valence-corrected chi connectivity index (χ4v) is 4.07. The van der Waals surface area contributed by atoms with E-state index in [0.29, 0.717) is 23.0 Å². The van der Waals surface area contributed by atoms with Gasteiger partial charge in [0.05, 0.1) is 17.1 Å². The molecule has 0 saturated heterocycles. The standard InChI is InChI=1S/C27H25IN4O3/c1-18-16-25(32(31-18)23-10-6-4-8-21(23)28)35-24-11-7-5-9-22(24)30-26(34)29-20-14-12-19(13-15-20)27(2,3)17-33/h4-17H,1-3H3,(H2,29,30,34). The minimum absolute atomic E-state index is 0.411. The third kappa shape index (κ3) is 5.71. The predicted molar refractivity (Wildman–Crippen MR) is 146 cm³/mol. The summed E-state index contributed by atoms with van der Waals surface area (Å²) in [6.45, 7) is 5.59. The van der Waals surface area contributed by atoms with Crippen LogP contribution in [0.2, 0.25) is 0 Å². The number of carbonyl (C=O) groups is 2. The first kappa shape index (κ1) is 24.5. The molecule has 4 aromatic rings. The first-order valence-corrected chi connectivity index (χ1v) is 12.1. The molecule has 2 amide bonds. The zero-order chi connectivity index (χ0) is 25.0. The molecular weight excluding hydrogens is 555 g/mol. The van der Waals surface area contributed by atoms with E-state index in [2.05, 4.69) is 38.3 Å². The van der Waals surface area contributed by atoms with Crippen LogP contribution in [0.5, 0.6) is 11.6 Å². The molecule has 0 aliphatic heterocycles. The lowest BCUT2D eigenvalue weighted by atomic mass is 9.86. The number of aromatic nitrogens is 2. The van der Waals surface area contributed by atoms with E-state index in [1.807, 2.05) is 75.4 Å². The Balaban J connectivity index is 1.52. The number of halogens is 1. The van der Waals surface area contributed by atoms with E-state index in [4.69, 9.17) is 4.74 Å². The second-order valence-electron chi connectivity index (χ2n) is 8.58. The average Bonchev–Trinajstić information content (AvgIpc) is 3.20. The normalized spacial score (nSPS) is 11.1. The summed E-state index contributed by atoms with van der Waals surface area (Å²) in [5, 5.41) is 10.2. The molecule has 35 heavy (non-hydrogen) atoms. The largest absolute Gasteiger partial charge is 0.437 e. The average molecular weight is 580 g/mol. The molecule has 7 nitrogen and oxygen atoms in total. The Morgan fingerprint density at radius 3 is 2.40 bits per heavy atom. The van der Waals surface area contributed by atoms with Crippen LogP contribution in [0.25, 0.3) is 5.69 Å². The highest BCUT2D eigenvalue weighted by Crippen LogP contribution is 2.32. The van der Waals surface area contributed by atoms with Crippen molar-refractivity contribution in [2.45, 2.75) is 26.2 Å². The van der Waals surface area contributed by atoms with Crippen LogP contribution in [0, 0.1) is 10.5 Å². The summed E-state index contributed by atoms with van der Waals surface area (Å²) in [5.74, 6) is 1.02. The predicted octanol–water partition coefficient (Wildman–Crippen LogP) is 6.70. The van der Waals surface area contributed by atoms with Crippen LogP contribution in [0.1, 0.15) is 25.1 Å². The maximum absolute atomic E-state index is 12.7. The van der Waals surface area contributed by atoms with E-state index in [-0.39, 0.29) is 0 Å². The van der Waals surface area contributed by atoms with E-state index in [1.54, 1.807) is 28.9 Å². The maximum atomic E-state index is 12.7. The second-order valence-corrected chi connectivity index (χ2v) is 9.74. The number of carbonyl (C=O) groups excluding carboxylic acids is 2. The second kappa shape index (κ2) is 10.3. The lowest BCUT2D eigenvalue weighted by molar-refractivity contribution is -0.111. The first-order valence-electron chi connectivity index (χ1n) is 11.0. The maximum Gasteiger partial charge on any atom is 0.323 e. The van der Waals surface area contributed by atoms with Gasteiger partial charge in [0.25, 0.3) is 0 Å². The van der Waals surface area contributed by atoms with Crippen molar-refractivity contribution in [1.29, 1.82) is 0 Å². The molecule has 2 N–H and O–H groups in total. The van der Waals surface area contributed by atoms with Crippen molar-refractivity contribution in [3.05, 3.63) is 93.7 Å². The highest BCUT2D eigenvalue weighted by atomic mass is 127. The van der Waals surface area contributed by atoms with Crippen molar-refractivity contribution in [3.63, 3.8) is 0 Å². The number of rotatable bonds is 7. The number of amides is 2. The summed E-state index contributed by atoms with van der Waals surface area (Å²) in [7, 11) is 0. The molecule has 8 heteroatoms. The van der Waals surface area contributed by atoms with Crippen molar-refractivity contribution in [3.8, 4) is 17.3 Å². The summed E-state index contributed by atoms with van der Waals surface area (Å²) < 4.78 is 8.99. The summed E-state index contributed by atoms with van der Waals surface area (Å²) in [4.78, 5) is 24.0. The van der Waals surface area contributed by atoms with Crippen LogP contribution in [0.3, 0.4) is 0 Å². The number of aldehydes is 1. The molecule has 0 atom stereocenters. The molecular formula is C27H25IN4O3. The van der Waals surface area contributed by atoms with E-state index in [9.17, 15) is 9.59 Å². The van der Waals surface area contributed by atoms with Gasteiger partial charge < -0.3 is 20.2 Å². The van der Waals surface area contributed by atoms with Crippen molar-refractivity contribution in [2.75, 3.05) is 10.6 Å².